The summed E-state index contributed by atoms with van der Waals surface area (Å²) >= 11 is 1.58. The van der Waals surface area contributed by atoms with Gasteiger partial charge < -0.3 is 9.88 Å². The first-order valence-corrected chi connectivity index (χ1v) is 10.4. The Bertz CT molecular complexity index is 1460. The molecular formula is C23H16F2N4OS. The predicted molar refractivity (Wildman–Crippen MR) is 118 cm³/mol. The van der Waals surface area contributed by atoms with Gasteiger partial charge in [-0.1, -0.05) is 12.1 Å². The van der Waals surface area contributed by atoms with Gasteiger partial charge in [0.2, 0.25) is 5.95 Å². The van der Waals surface area contributed by atoms with Crippen LogP contribution >= 0.6 is 11.3 Å². The lowest BCUT2D eigenvalue weighted by Gasteiger charge is -2.11. The summed E-state index contributed by atoms with van der Waals surface area (Å²) in [5, 5.41) is 4.38. The molecule has 0 spiro atoms. The SMILES string of the molecule is Cc1nc2cc(NC(=O)c3cc4cc(F)ncc4n3Cc3cccc(F)c3)ccc2s1. The number of anilines is 1. The molecule has 2 aromatic carbocycles. The highest BCUT2D eigenvalue weighted by molar-refractivity contribution is 7.18. The van der Waals surface area contributed by atoms with Crippen molar-refractivity contribution in [2.45, 2.75) is 13.5 Å². The van der Waals surface area contributed by atoms with Crippen LogP contribution in [0.4, 0.5) is 14.5 Å². The summed E-state index contributed by atoms with van der Waals surface area (Å²) in [6, 6.07) is 14.6. The van der Waals surface area contributed by atoms with E-state index in [9.17, 15) is 13.6 Å². The van der Waals surface area contributed by atoms with E-state index in [0.29, 0.717) is 27.8 Å². The van der Waals surface area contributed by atoms with E-state index in [4.69, 9.17) is 0 Å². The van der Waals surface area contributed by atoms with Crippen LogP contribution in [0, 0.1) is 18.7 Å². The smallest absolute Gasteiger partial charge is 0.272 e. The van der Waals surface area contributed by atoms with Gasteiger partial charge in [-0.2, -0.15) is 4.39 Å². The molecule has 1 N–H and O–H groups in total. The molecule has 0 bridgehead atoms. The number of hydrogen-bond donors (Lipinski definition) is 1. The van der Waals surface area contributed by atoms with Gasteiger partial charge in [0.05, 0.1) is 26.9 Å². The van der Waals surface area contributed by atoms with E-state index in [1.54, 1.807) is 34.1 Å². The molecule has 0 saturated heterocycles. The number of carbonyl (C=O) groups is 1. The Labute approximate surface area is 180 Å². The average molecular weight is 434 g/mol. The third kappa shape index (κ3) is 3.77. The molecule has 0 unspecified atom stereocenters. The lowest BCUT2D eigenvalue weighted by molar-refractivity contribution is 0.101. The summed E-state index contributed by atoms with van der Waals surface area (Å²) in [6.07, 6.45) is 1.38. The minimum Gasteiger partial charge on any atom is -0.331 e. The molecule has 3 heterocycles. The van der Waals surface area contributed by atoms with Crippen molar-refractivity contribution in [2.24, 2.45) is 0 Å². The molecule has 5 aromatic rings. The minimum atomic E-state index is -0.633. The highest BCUT2D eigenvalue weighted by Gasteiger charge is 2.18. The Morgan fingerprint density at radius 1 is 1.13 bits per heavy atom. The molecule has 0 fully saturated rings. The first kappa shape index (κ1) is 19.3. The summed E-state index contributed by atoms with van der Waals surface area (Å²) in [5.41, 5.74) is 3.00. The van der Waals surface area contributed by atoms with Crippen molar-refractivity contribution in [3.05, 3.63) is 88.8 Å². The third-order valence-corrected chi connectivity index (χ3v) is 5.92. The second-order valence-corrected chi connectivity index (χ2v) is 8.42. The lowest BCUT2D eigenvalue weighted by atomic mass is 10.2. The fraction of sp³-hybridized carbons (Fsp3) is 0.0870. The highest BCUT2D eigenvalue weighted by atomic mass is 32.1. The Balaban J connectivity index is 1.54. The van der Waals surface area contributed by atoms with Crippen LogP contribution in [0.25, 0.3) is 21.1 Å². The molecule has 0 aliphatic rings. The third-order valence-electron chi connectivity index (χ3n) is 4.97. The Kier molecular flexibility index (Phi) is 4.71. The molecule has 8 heteroatoms. The topological polar surface area (TPSA) is 59.8 Å². The summed E-state index contributed by atoms with van der Waals surface area (Å²) in [7, 11) is 0. The van der Waals surface area contributed by atoms with Gasteiger partial charge in [0.15, 0.2) is 0 Å². The summed E-state index contributed by atoms with van der Waals surface area (Å²) < 4.78 is 30.1. The van der Waals surface area contributed by atoms with Crippen LogP contribution in [0.3, 0.4) is 0 Å². The van der Waals surface area contributed by atoms with E-state index >= 15 is 0 Å². The lowest BCUT2D eigenvalue weighted by Crippen LogP contribution is -2.17. The number of amides is 1. The van der Waals surface area contributed by atoms with Crippen molar-refractivity contribution in [1.29, 1.82) is 0 Å². The fourth-order valence-corrected chi connectivity index (χ4v) is 4.43. The number of fused-ring (bicyclic) bond motifs is 2. The van der Waals surface area contributed by atoms with Crippen LogP contribution in [0.15, 0.2) is 60.8 Å². The highest BCUT2D eigenvalue weighted by Crippen LogP contribution is 2.26. The molecular weight excluding hydrogens is 418 g/mol. The fourth-order valence-electron chi connectivity index (χ4n) is 3.62. The van der Waals surface area contributed by atoms with E-state index in [1.807, 2.05) is 25.1 Å². The van der Waals surface area contributed by atoms with Crippen molar-refractivity contribution in [2.75, 3.05) is 5.32 Å². The number of nitrogens with zero attached hydrogens (tertiary/aromatic N) is 3. The van der Waals surface area contributed by atoms with E-state index in [-0.39, 0.29) is 18.3 Å². The molecule has 0 atom stereocenters. The van der Waals surface area contributed by atoms with Crippen molar-refractivity contribution < 1.29 is 13.6 Å². The van der Waals surface area contributed by atoms with E-state index in [1.165, 1.54) is 24.4 Å². The van der Waals surface area contributed by atoms with Gasteiger partial charge in [-0.3, -0.25) is 4.79 Å². The zero-order valence-corrected chi connectivity index (χ0v) is 17.2. The number of pyridine rings is 1. The normalized spacial score (nSPS) is 11.3. The number of aryl methyl sites for hydroxylation is 1. The monoisotopic (exact) mass is 434 g/mol. The number of halogens is 2. The van der Waals surface area contributed by atoms with Gasteiger partial charge in [-0.25, -0.2) is 14.4 Å². The second kappa shape index (κ2) is 7.55. The molecule has 0 saturated carbocycles. The number of aromatic nitrogens is 3. The van der Waals surface area contributed by atoms with Gasteiger partial charge in [0.1, 0.15) is 11.5 Å². The maximum absolute atomic E-state index is 13.7. The molecule has 154 valence electrons. The van der Waals surface area contributed by atoms with Gasteiger partial charge in [-0.15, -0.1) is 11.3 Å². The number of benzene rings is 2. The van der Waals surface area contributed by atoms with E-state index < -0.39 is 5.95 Å². The molecule has 1 amide bonds. The van der Waals surface area contributed by atoms with Crippen LogP contribution in [-0.4, -0.2) is 20.4 Å². The maximum atomic E-state index is 13.7. The van der Waals surface area contributed by atoms with Crippen LogP contribution in [0.5, 0.6) is 0 Å². The number of thiazole rings is 1. The maximum Gasteiger partial charge on any atom is 0.272 e. The van der Waals surface area contributed by atoms with Crippen LogP contribution in [-0.2, 0) is 6.54 Å². The van der Waals surface area contributed by atoms with Gasteiger partial charge >= 0.3 is 0 Å². The molecule has 31 heavy (non-hydrogen) atoms. The molecule has 3 aromatic heterocycles. The molecule has 0 radical (unpaired) electrons. The van der Waals surface area contributed by atoms with Crippen molar-refractivity contribution in [3.63, 3.8) is 0 Å². The Morgan fingerprint density at radius 2 is 2.00 bits per heavy atom. The quantitative estimate of drug-likeness (QED) is 0.378. The largest absolute Gasteiger partial charge is 0.331 e. The minimum absolute atomic E-state index is 0.238. The zero-order chi connectivity index (χ0) is 21.5. The Morgan fingerprint density at radius 3 is 2.84 bits per heavy atom. The zero-order valence-electron chi connectivity index (χ0n) is 16.4. The first-order chi connectivity index (χ1) is 15.0. The predicted octanol–water partition coefficient (Wildman–Crippen LogP) is 5.53. The number of hydrogen-bond acceptors (Lipinski definition) is 4. The molecule has 5 rings (SSSR count). The van der Waals surface area contributed by atoms with Crippen molar-refractivity contribution >= 4 is 44.1 Å². The number of carbonyl (C=O) groups excluding carboxylic acids is 1. The standard InChI is InChI=1S/C23H16F2N4OS/c1-13-27-18-10-17(5-6-21(18)31-13)28-23(30)19-8-15-9-22(25)26-11-20(15)29(19)12-14-3-2-4-16(24)7-14/h2-11H,12H2,1H3,(H,28,30). The summed E-state index contributed by atoms with van der Waals surface area (Å²) in [4.78, 5) is 21.3. The van der Waals surface area contributed by atoms with Gasteiger partial charge in [0, 0.05) is 23.7 Å². The average Bonchev–Trinajstić information content (AvgIpc) is 3.27. The summed E-state index contributed by atoms with van der Waals surface area (Å²) in [5.74, 6) is -1.36. The Hall–Kier alpha value is -3.65. The number of rotatable bonds is 4. The van der Waals surface area contributed by atoms with Crippen molar-refractivity contribution in [3.8, 4) is 0 Å². The second-order valence-electron chi connectivity index (χ2n) is 7.18. The van der Waals surface area contributed by atoms with E-state index in [2.05, 4.69) is 15.3 Å². The first-order valence-electron chi connectivity index (χ1n) is 9.54. The summed E-state index contributed by atoms with van der Waals surface area (Å²) in [6.45, 7) is 2.17. The van der Waals surface area contributed by atoms with Crippen LogP contribution in [0.1, 0.15) is 21.1 Å². The van der Waals surface area contributed by atoms with Gasteiger partial charge in [0.25, 0.3) is 5.91 Å². The number of nitrogens with one attached hydrogen (secondary N) is 1. The van der Waals surface area contributed by atoms with E-state index in [0.717, 1.165) is 15.2 Å². The molecule has 5 nitrogen and oxygen atoms in total. The van der Waals surface area contributed by atoms with Crippen molar-refractivity contribution in [1.82, 2.24) is 14.5 Å². The van der Waals surface area contributed by atoms with Crippen LogP contribution in [0.2, 0.25) is 0 Å². The van der Waals surface area contributed by atoms with Crippen LogP contribution < -0.4 is 5.32 Å². The molecule has 0 aliphatic heterocycles. The molecule has 0 aliphatic carbocycles. The van der Waals surface area contributed by atoms with Gasteiger partial charge in [-0.05, 0) is 48.9 Å².